The Balaban J connectivity index is 2.08. The lowest BCUT2D eigenvalue weighted by atomic mass is 10.3. The summed E-state index contributed by atoms with van der Waals surface area (Å²) in [5.74, 6) is 0. The van der Waals surface area contributed by atoms with Gasteiger partial charge < -0.3 is 10.3 Å². The molecule has 2 N–H and O–H groups in total. The van der Waals surface area contributed by atoms with Crippen LogP contribution in [-0.4, -0.2) is 30.7 Å². The zero-order valence-electron chi connectivity index (χ0n) is 9.19. The van der Waals surface area contributed by atoms with E-state index in [1.54, 1.807) is 18.6 Å². The van der Waals surface area contributed by atoms with Crippen LogP contribution in [0, 0.1) is 0 Å². The van der Waals surface area contributed by atoms with Gasteiger partial charge in [-0.05, 0) is 0 Å². The lowest BCUT2D eigenvalue weighted by molar-refractivity contribution is 0.730. The van der Waals surface area contributed by atoms with Gasteiger partial charge in [0.15, 0.2) is 0 Å². The Morgan fingerprint density at radius 1 is 1.18 bits per heavy atom. The highest BCUT2D eigenvalue weighted by molar-refractivity contribution is 5.60. The zero-order valence-corrected chi connectivity index (χ0v) is 9.19. The number of rotatable bonds is 3. The summed E-state index contributed by atoms with van der Waals surface area (Å²) < 4.78 is 3.88. The van der Waals surface area contributed by atoms with Crippen molar-refractivity contribution in [3.05, 3.63) is 37.1 Å². The highest BCUT2D eigenvalue weighted by atomic mass is 15.3. The number of nitrogens with two attached hydrogens (primary N) is 1. The summed E-state index contributed by atoms with van der Waals surface area (Å²) in [5.41, 5.74) is 8.16. The standard InChI is InChI=1S/C11H12N6/c12-1-4-16-5-6-17-11(16)7-9(15-17)10-8-13-2-3-14-10/h2-3,5-8H,1,4,12H2. The van der Waals surface area contributed by atoms with Crippen molar-refractivity contribution >= 4 is 5.65 Å². The second-order valence-electron chi connectivity index (χ2n) is 3.70. The van der Waals surface area contributed by atoms with Gasteiger partial charge >= 0.3 is 0 Å². The fraction of sp³-hybridized carbons (Fsp3) is 0.182. The molecule has 0 saturated heterocycles. The highest BCUT2D eigenvalue weighted by Gasteiger charge is 2.08. The smallest absolute Gasteiger partial charge is 0.136 e. The third-order valence-electron chi connectivity index (χ3n) is 2.59. The average molecular weight is 228 g/mol. The van der Waals surface area contributed by atoms with Crippen molar-refractivity contribution < 1.29 is 0 Å². The first-order valence-corrected chi connectivity index (χ1v) is 5.39. The highest BCUT2D eigenvalue weighted by Crippen LogP contribution is 2.16. The largest absolute Gasteiger partial charge is 0.330 e. The maximum Gasteiger partial charge on any atom is 0.136 e. The molecule has 0 bridgehead atoms. The molecule has 86 valence electrons. The molecule has 6 nitrogen and oxygen atoms in total. The van der Waals surface area contributed by atoms with E-state index in [0.717, 1.165) is 23.6 Å². The van der Waals surface area contributed by atoms with Gasteiger partial charge in [0.2, 0.25) is 0 Å². The molecule has 0 radical (unpaired) electrons. The minimum atomic E-state index is 0.607. The van der Waals surface area contributed by atoms with Crippen LogP contribution in [-0.2, 0) is 6.54 Å². The van der Waals surface area contributed by atoms with E-state index in [0.29, 0.717) is 6.54 Å². The summed E-state index contributed by atoms with van der Waals surface area (Å²) >= 11 is 0. The number of nitrogens with zero attached hydrogens (tertiary/aromatic N) is 5. The van der Waals surface area contributed by atoms with E-state index in [1.165, 1.54) is 0 Å². The lowest BCUT2D eigenvalue weighted by Crippen LogP contribution is -2.08. The van der Waals surface area contributed by atoms with Crippen LogP contribution >= 0.6 is 0 Å². The van der Waals surface area contributed by atoms with Crippen molar-refractivity contribution in [1.29, 1.82) is 0 Å². The third-order valence-corrected chi connectivity index (χ3v) is 2.59. The van der Waals surface area contributed by atoms with Gasteiger partial charge in [-0.3, -0.25) is 9.97 Å². The van der Waals surface area contributed by atoms with E-state index >= 15 is 0 Å². The Kier molecular flexibility index (Phi) is 2.34. The van der Waals surface area contributed by atoms with Gasteiger partial charge in [0.1, 0.15) is 17.0 Å². The molecule has 0 saturated carbocycles. The SMILES string of the molecule is NCCn1ccn2nc(-c3cnccn3)cc12. The lowest BCUT2D eigenvalue weighted by Gasteiger charge is -1.97. The van der Waals surface area contributed by atoms with E-state index in [-0.39, 0.29) is 0 Å². The Morgan fingerprint density at radius 2 is 2.12 bits per heavy atom. The summed E-state index contributed by atoms with van der Waals surface area (Å²) in [5, 5.41) is 4.44. The molecule has 3 aromatic heterocycles. The first-order chi connectivity index (χ1) is 8.38. The van der Waals surface area contributed by atoms with Crippen LogP contribution in [0.25, 0.3) is 17.0 Å². The van der Waals surface area contributed by atoms with Crippen LogP contribution in [0.2, 0.25) is 0 Å². The fourth-order valence-corrected chi connectivity index (χ4v) is 1.81. The van der Waals surface area contributed by atoms with Crippen LogP contribution in [0.3, 0.4) is 0 Å². The number of imidazole rings is 1. The van der Waals surface area contributed by atoms with Crippen molar-refractivity contribution in [1.82, 2.24) is 24.1 Å². The van der Waals surface area contributed by atoms with Crippen molar-refractivity contribution in [3.8, 4) is 11.4 Å². The second kappa shape index (κ2) is 3.99. The van der Waals surface area contributed by atoms with Crippen molar-refractivity contribution in [2.24, 2.45) is 5.73 Å². The summed E-state index contributed by atoms with van der Waals surface area (Å²) in [6.07, 6.45) is 8.89. The van der Waals surface area contributed by atoms with Crippen LogP contribution in [0.1, 0.15) is 0 Å². The van der Waals surface area contributed by atoms with Crippen molar-refractivity contribution in [3.63, 3.8) is 0 Å². The van der Waals surface area contributed by atoms with Crippen LogP contribution in [0.15, 0.2) is 37.1 Å². The molecule has 3 aromatic rings. The number of fused-ring (bicyclic) bond motifs is 1. The first kappa shape index (κ1) is 9.98. The molecule has 0 amide bonds. The van der Waals surface area contributed by atoms with E-state index in [9.17, 15) is 0 Å². The molecule has 0 spiro atoms. The van der Waals surface area contributed by atoms with Gasteiger partial charge in [-0.25, -0.2) is 4.52 Å². The molecule has 0 aromatic carbocycles. The summed E-state index contributed by atoms with van der Waals surface area (Å²) in [6, 6.07) is 1.99. The number of hydrogen-bond acceptors (Lipinski definition) is 4. The molecule has 0 atom stereocenters. The normalized spacial score (nSPS) is 11.1. The molecule has 0 aliphatic carbocycles. The van der Waals surface area contributed by atoms with E-state index in [4.69, 9.17) is 5.73 Å². The van der Waals surface area contributed by atoms with Crippen molar-refractivity contribution in [2.45, 2.75) is 6.54 Å². The molecule has 3 rings (SSSR count). The molecule has 0 aliphatic heterocycles. The van der Waals surface area contributed by atoms with Gasteiger partial charge in [-0.2, -0.15) is 5.10 Å². The third kappa shape index (κ3) is 1.68. The van der Waals surface area contributed by atoms with Crippen molar-refractivity contribution in [2.75, 3.05) is 6.54 Å². The van der Waals surface area contributed by atoms with Gasteiger partial charge in [0, 0.05) is 43.9 Å². The van der Waals surface area contributed by atoms with E-state index < -0.39 is 0 Å². The summed E-state index contributed by atoms with van der Waals surface area (Å²) in [6.45, 7) is 1.39. The minimum Gasteiger partial charge on any atom is -0.330 e. The topological polar surface area (TPSA) is 74.0 Å². The van der Waals surface area contributed by atoms with Gasteiger partial charge in [-0.1, -0.05) is 0 Å². The summed E-state index contributed by atoms with van der Waals surface area (Å²) in [7, 11) is 0. The Labute approximate surface area is 97.7 Å². The Bertz CT molecular complexity index is 624. The fourth-order valence-electron chi connectivity index (χ4n) is 1.81. The monoisotopic (exact) mass is 228 g/mol. The van der Waals surface area contributed by atoms with Crippen LogP contribution < -0.4 is 5.73 Å². The molecule has 3 heterocycles. The number of hydrogen-bond donors (Lipinski definition) is 1. The minimum absolute atomic E-state index is 0.607. The van der Waals surface area contributed by atoms with Crippen LogP contribution in [0.4, 0.5) is 0 Å². The molecule has 0 fully saturated rings. The summed E-state index contributed by atoms with van der Waals surface area (Å²) in [4.78, 5) is 8.26. The van der Waals surface area contributed by atoms with Gasteiger partial charge in [-0.15, -0.1) is 0 Å². The van der Waals surface area contributed by atoms with E-state index in [2.05, 4.69) is 19.6 Å². The Morgan fingerprint density at radius 3 is 2.88 bits per heavy atom. The quantitative estimate of drug-likeness (QED) is 0.710. The molecule has 0 unspecified atom stereocenters. The first-order valence-electron chi connectivity index (χ1n) is 5.39. The van der Waals surface area contributed by atoms with Gasteiger partial charge in [0.25, 0.3) is 0 Å². The number of aromatic nitrogens is 5. The average Bonchev–Trinajstić information content (AvgIpc) is 2.93. The predicted octanol–water partition coefficient (Wildman–Crippen LogP) is 0.551. The zero-order chi connectivity index (χ0) is 11.7. The van der Waals surface area contributed by atoms with Crippen LogP contribution in [0.5, 0.6) is 0 Å². The molecular weight excluding hydrogens is 216 g/mol. The molecule has 17 heavy (non-hydrogen) atoms. The van der Waals surface area contributed by atoms with E-state index in [1.807, 2.05) is 23.0 Å². The molecule has 0 aliphatic rings. The maximum absolute atomic E-state index is 5.56. The molecule has 6 heteroatoms. The second-order valence-corrected chi connectivity index (χ2v) is 3.70. The van der Waals surface area contributed by atoms with Gasteiger partial charge in [0.05, 0.1) is 6.20 Å². The maximum atomic E-state index is 5.56. The predicted molar refractivity (Wildman–Crippen MR) is 63.3 cm³/mol. The Hall–Kier alpha value is -2.21. The molecular formula is C11H12N6.